The number of anilines is 1. The molecule has 1 amide bonds. The highest BCUT2D eigenvalue weighted by Crippen LogP contribution is 2.25. The Morgan fingerprint density at radius 1 is 1.15 bits per heavy atom. The molecule has 0 radical (unpaired) electrons. The fourth-order valence-corrected chi connectivity index (χ4v) is 3.25. The SMILES string of the molecule is CC(C)Cn1c(SCC(=O)Nc2ccc(F)cc2)nnc1-c1ccncc1. The minimum atomic E-state index is -0.340. The number of rotatable bonds is 7. The van der Waals surface area contributed by atoms with Gasteiger partial charge in [0.25, 0.3) is 0 Å². The van der Waals surface area contributed by atoms with E-state index in [1.807, 2.05) is 16.7 Å². The zero-order valence-electron chi connectivity index (χ0n) is 15.1. The second-order valence-corrected chi connectivity index (χ2v) is 7.33. The molecule has 1 N–H and O–H groups in total. The summed E-state index contributed by atoms with van der Waals surface area (Å²) < 4.78 is 15.0. The molecule has 3 rings (SSSR count). The number of pyridine rings is 1. The molecule has 0 aliphatic heterocycles. The zero-order valence-corrected chi connectivity index (χ0v) is 15.9. The lowest BCUT2D eigenvalue weighted by atomic mass is 10.2. The van der Waals surface area contributed by atoms with Gasteiger partial charge in [0.1, 0.15) is 5.82 Å². The minimum absolute atomic E-state index is 0.184. The molecule has 1 aromatic carbocycles. The molecule has 2 heterocycles. The number of benzene rings is 1. The molecule has 0 fully saturated rings. The Balaban J connectivity index is 1.71. The molecule has 27 heavy (non-hydrogen) atoms. The summed E-state index contributed by atoms with van der Waals surface area (Å²) >= 11 is 1.32. The number of carbonyl (C=O) groups is 1. The molecule has 0 saturated carbocycles. The number of halogens is 1. The molecule has 2 aromatic heterocycles. The lowest BCUT2D eigenvalue weighted by Crippen LogP contribution is -2.15. The summed E-state index contributed by atoms with van der Waals surface area (Å²) in [6.45, 7) is 4.98. The Kier molecular flexibility index (Phi) is 6.18. The number of nitrogens with one attached hydrogen (secondary N) is 1. The van der Waals surface area contributed by atoms with E-state index in [1.165, 1.54) is 36.0 Å². The van der Waals surface area contributed by atoms with E-state index in [1.54, 1.807) is 12.4 Å². The van der Waals surface area contributed by atoms with Gasteiger partial charge < -0.3 is 9.88 Å². The molecule has 0 spiro atoms. The van der Waals surface area contributed by atoms with E-state index in [9.17, 15) is 9.18 Å². The molecule has 0 saturated heterocycles. The van der Waals surface area contributed by atoms with E-state index < -0.39 is 0 Å². The standard InChI is InChI=1S/C19H20FN5OS/c1-13(2)11-25-18(14-7-9-21-10-8-14)23-24-19(25)27-12-17(26)22-16-5-3-15(20)4-6-16/h3-10,13H,11-12H2,1-2H3,(H,22,26). The smallest absolute Gasteiger partial charge is 0.234 e. The van der Waals surface area contributed by atoms with E-state index >= 15 is 0 Å². The molecule has 0 atom stereocenters. The first-order valence-electron chi connectivity index (χ1n) is 8.54. The number of hydrogen-bond acceptors (Lipinski definition) is 5. The number of carbonyl (C=O) groups excluding carboxylic acids is 1. The van der Waals surface area contributed by atoms with Gasteiger partial charge in [0.2, 0.25) is 5.91 Å². The lowest BCUT2D eigenvalue weighted by molar-refractivity contribution is -0.113. The van der Waals surface area contributed by atoms with Gasteiger partial charge in [0.05, 0.1) is 5.75 Å². The van der Waals surface area contributed by atoms with Gasteiger partial charge >= 0.3 is 0 Å². The summed E-state index contributed by atoms with van der Waals surface area (Å²) in [6.07, 6.45) is 3.43. The summed E-state index contributed by atoms with van der Waals surface area (Å²) in [5, 5.41) is 12.0. The van der Waals surface area contributed by atoms with Crippen molar-refractivity contribution in [1.29, 1.82) is 0 Å². The summed E-state index contributed by atoms with van der Waals surface area (Å²) in [5.41, 5.74) is 1.49. The monoisotopic (exact) mass is 385 g/mol. The van der Waals surface area contributed by atoms with Crippen molar-refractivity contribution in [2.45, 2.75) is 25.5 Å². The van der Waals surface area contributed by atoms with Crippen molar-refractivity contribution in [1.82, 2.24) is 19.7 Å². The number of nitrogens with zero attached hydrogens (tertiary/aromatic N) is 4. The van der Waals surface area contributed by atoms with Crippen molar-refractivity contribution in [3.8, 4) is 11.4 Å². The maximum Gasteiger partial charge on any atom is 0.234 e. The van der Waals surface area contributed by atoms with E-state index in [0.717, 1.165) is 17.9 Å². The van der Waals surface area contributed by atoms with Gasteiger partial charge in [-0.3, -0.25) is 9.78 Å². The van der Waals surface area contributed by atoms with Crippen molar-refractivity contribution in [3.63, 3.8) is 0 Å². The summed E-state index contributed by atoms with van der Waals surface area (Å²) in [6, 6.07) is 9.44. The molecule has 0 aliphatic carbocycles. The Labute approximate surface area is 161 Å². The lowest BCUT2D eigenvalue weighted by Gasteiger charge is -2.12. The van der Waals surface area contributed by atoms with Gasteiger partial charge in [0.15, 0.2) is 11.0 Å². The maximum atomic E-state index is 12.9. The zero-order chi connectivity index (χ0) is 19.2. The van der Waals surface area contributed by atoms with Crippen LogP contribution < -0.4 is 5.32 Å². The van der Waals surface area contributed by atoms with Crippen molar-refractivity contribution < 1.29 is 9.18 Å². The van der Waals surface area contributed by atoms with Gasteiger partial charge in [-0.25, -0.2) is 4.39 Å². The normalized spacial score (nSPS) is 11.0. The van der Waals surface area contributed by atoms with Crippen LogP contribution in [-0.2, 0) is 11.3 Å². The van der Waals surface area contributed by atoms with E-state index in [4.69, 9.17) is 0 Å². The number of thioether (sulfide) groups is 1. The molecular formula is C19H20FN5OS. The molecule has 0 bridgehead atoms. The Morgan fingerprint density at radius 3 is 2.52 bits per heavy atom. The fourth-order valence-electron chi connectivity index (χ4n) is 2.50. The Bertz CT molecular complexity index is 896. The molecule has 3 aromatic rings. The molecule has 0 aliphatic rings. The molecule has 0 unspecified atom stereocenters. The van der Waals surface area contributed by atoms with Gasteiger partial charge in [-0.15, -0.1) is 10.2 Å². The molecule has 140 valence electrons. The fraction of sp³-hybridized carbons (Fsp3) is 0.263. The van der Waals surface area contributed by atoms with E-state index in [0.29, 0.717) is 16.8 Å². The first kappa shape index (κ1) is 19.0. The van der Waals surface area contributed by atoms with Gasteiger partial charge in [-0.2, -0.15) is 0 Å². The first-order valence-corrected chi connectivity index (χ1v) is 9.53. The highest BCUT2D eigenvalue weighted by molar-refractivity contribution is 7.99. The van der Waals surface area contributed by atoms with Crippen LogP contribution in [0.25, 0.3) is 11.4 Å². The van der Waals surface area contributed by atoms with Crippen LogP contribution in [0.15, 0.2) is 53.9 Å². The van der Waals surface area contributed by atoms with Crippen LogP contribution in [0.1, 0.15) is 13.8 Å². The highest BCUT2D eigenvalue weighted by Gasteiger charge is 2.16. The minimum Gasteiger partial charge on any atom is -0.325 e. The van der Waals surface area contributed by atoms with Crippen LogP contribution in [-0.4, -0.2) is 31.4 Å². The number of amides is 1. The predicted molar refractivity (Wildman–Crippen MR) is 104 cm³/mol. The van der Waals surface area contributed by atoms with Crippen LogP contribution in [0.3, 0.4) is 0 Å². The van der Waals surface area contributed by atoms with Crippen molar-refractivity contribution in [2.24, 2.45) is 5.92 Å². The molecular weight excluding hydrogens is 365 g/mol. The quantitative estimate of drug-likeness (QED) is 0.625. The van der Waals surface area contributed by atoms with Crippen LogP contribution in [0.5, 0.6) is 0 Å². The molecule has 6 nitrogen and oxygen atoms in total. The summed E-state index contributed by atoms with van der Waals surface area (Å²) in [7, 11) is 0. The van der Waals surface area contributed by atoms with Crippen LogP contribution in [0, 0.1) is 11.7 Å². The predicted octanol–water partition coefficient (Wildman–Crippen LogP) is 3.87. The first-order chi connectivity index (χ1) is 13.0. The van der Waals surface area contributed by atoms with Crippen LogP contribution >= 0.6 is 11.8 Å². The number of aromatic nitrogens is 4. The van der Waals surface area contributed by atoms with Gasteiger partial charge in [-0.1, -0.05) is 25.6 Å². The largest absolute Gasteiger partial charge is 0.325 e. The summed E-state index contributed by atoms with van der Waals surface area (Å²) in [5.74, 6) is 0.815. The second-order valence-electron chi connectivity index (χ2n) is 6.39. The van der Waals surface area contributed by atoms with E-state index in [2.05, 4.69) is 34.3 Å². The Morgan fingerprint density at radius 2 is 1.85 bits per heavy atom. The summed E-state index contributed by atoms with van der Waals surface area (Å²) in [4.78, 5) is 16.2. The van der Waals surface area contributed by atoms with Crippen molar-refractivity contribution in [2.75, 3.05) is 11.1 Å². The second kappa shape index (κ2) is 8.77. The molecule has 8 heteroatoms. The van der Waals surface area contributed by atoms with Crippen LogP contribution in [0.4, 0.5) is 10.1 Å². The average molecular weight is 385 g/mol. The highest BCUT2D eigenvalue weighted by atomic mass is 32.2. The van der Waals surface area contributed by atoms with E-state index in [-0.39, 0.29) is 17.5 Å². The Hall–Kier alpha value is -2.74. The van der Waals surface area contributed by atoms with Gasteiger partial charge in [0, 0.05) is 30.2 Å². The maximum absolute atomic E-state index is 12.9. The topological polar surface area (TPSA) is 72.7 Å². The third kappa shape index (κ3) is 5.13. The average Bonchev–Trinajstić information content (AvgIpc) is 3.04. The third-order valence-corrected chi connectivity index (χ3v) is 4.63. The van der Waals surface area contributed by atoms with Gasteiger partial charge in [-0.05, 0) is 42.3 Å². The number of hydrogen-bond donors (Lipinski definition) is 1. The van der Waals surface area contributed by atoms with Crippen molar-refractivity contribution >= 4 is 23.4 Å². The van der Waals surface area contributed by atoms with Crippen LogP contribution in [0.2, 0.25) is 0 Å². The van der Waals surface area contributed by atoms with Crippen molar-refractivity contribution in [3.05, 3.63) is 54.6 Å². The third-order valence-electron chi connectivity index (χ3n) is 3.66.